The maximum Gasteiger partial charge on any atom is 0.183 e. The number of carbonyl (C=O) groups excluding carboxylic acids is 2. The van der Waals surface area contributed by atoms with E-state index in [-0.39, 0.29) is 23.4 Å². The maximum absolute atomic E-state index is 12.7. The normalized spacial score (nSPS) is 23.2. The number of rotatable bonds is 0. The highest BCUT2D eigenvalue weighted by molar-refractivity contribution is 6.23. The van der Waals surface area contributed by atoms with Crippen LogP contribution >= 0.6 is 0 Å². The summed E-state index contributed by atoms with van der Waals surface area (Å²) in [5.41, 5.74) is 8.49. The largest absolute Gasteiger partial charge is 0.290 e. The molecule has 2 bridgehead atoms. The number of hydrogen-bond acceptors (Lipinski definition) is 2. The average molecular weight is 312 g/mol. The Bertz CT molecular complexity index is 967. The first-order valence-electron chi connectivity index (χ1n) is 8.28. The molecule has 2 aromatic rings. The van der Waals surface area contributed by atoms with Crippen molar-refractivity contribution < 1.29 is 9.59 Å². The highest BCUT2D eigenvalue weighted by atomic mass is 16.1. The van der Waals surface area contributed by atoms with Crippen molar-refractivity contribution in [2.24, 2.45) is 0 Å². The minimum Gasteiger partial charge on any atom is -0.290 e. The van der Waals surface area contributed by atoms with Crippen LogP contribution in [0.25, 0.3) is 0 Å². The highest BCUT2D eigenvalue weighted by Crippen LogP contribution is 2.56. The van der Waals surface area contributed by atoms with Crippen molar-refractivity contribution >= 4 is 11.6 Å². The third kappa shape index (κ3) is 1.56. The molecule has 0 amide bonds. The van der Waals surface area contributed by atoms with E-state index >= 15 is 0 Å². The van der Waals surface area contributed by atoms with E-state index in [2.05, 4.69) is 50.2 Å². The van der Waals surface area contributed by atoms with E-state index in [4.69, 9.17) is 0 Å². The zero-order valence-corrected chi connectivity index (χ0v) is 13.6. The molecule has 0 aliphatic heterocycles. The lowest BCUT2D eigenvalue weighted by Gasteiger charge is -2.43. The Kier molecular flexibility index (Phi) is 2.52. The Morgan fingerprint density at radius 1 is 0.625 bits per heavy atom. The van der Waals surface area contributed by atoms with Gasteiger partial charge in [0.15, 0.2) is 11.6 Å². The van der Waals surface area contributed by atoms with Gasteiger partial charge in [0.2, 0.25) is 0 Å². The molecular formula is C22H16O2. The number of ketones is 2. The van der Waals surface area contributed by atoms with Crippen LogP contribution in [0.15, 0.2) is 59.7 Å². The van der Waals surface area contributed by atoms with Crippen molar-refractivity contribution in [2.45, 2.75) is 25.7 Å². The Morgan fingerprint density at radius 3 is 1.50 bits per heavy atom. The smallest absolute Gasteiger partial charge is 0.183 e. The fourth-order valence-electron chi connectivity index (χ4n) is 4.56. The molecule has 6 rings (SSSR count). The molecule has 2 aromatic carbocycles. The molecule has 0 aromatic heterocycles. The number of hydrogen-bond donors (Lipinski definition) is 0. The molecule has 0 heterocycles. The van der Waals surface area contributed by atoms with Crippen molar-refractivity contribution in [2.75, 3.05) is 0 Å². The van der Waals surface area contributed by atoms with E-state index in [1.807, 2.05) is 0 Å². The third-order valence-electron chi connectivity index (χ3n) is 5.51. The Balaban J connectivity index is 1.90. The van der Waals surface area contributed by atoms with Crippen LogP contribution in [0.1, 0.15) is 45.2 Å². The zero-order valence-electron chi connectivity index (χ0n) is 13.6. The van der Waals surface area contributed by atoms with Crippen molar-refractivity contribution in [3.8, 4) is 0 Å². The Labute approximate surface area is 140 Å². The average Bonchev–Trinajstić information content (AvgIpc) is 2.57. The molecule has 0 N–H and O–H groups in total. The summed E-state index contributed by atoms with van der Waals surface area (Å²) >= 11 is 0. The van der Waals surface area contributed by atoms with Crippen LogP contribution in [-0.2, 0) is 9.59 Å². The van der Waals surface area contributed by atoms with E-state index in [0.29, 0.717) is 11.1 Å². The fraction of sp³-hybridized carbons (Fsp3) is 0.182. The lowest BCUT2D eigenvalue weighted by molar-refractivity contribution is -0.115. The molecule has 0 saturated carbocycles. The van der Waals surface area contributed by atoms with E-state index in [0.717, 1.165) is 0 Å². The SMILES string of the molecule is Cc1ccc2c(c1)C1C3=C(C(=O)C=CC3=O)C2c2ccc(C)cc21. The van der Waals surface area contributed by atoms with Gasteiger partial charge in [-0.2, -0.15) is 0 Å². The quantitative estimate of drug-likeness (QED) is 0.691. The molecule has 4 aliphatic rings. The molecule has 0 radical (unpaired) electrons. The van der Waals surface area contributed by atoms with Gasteiger partial charge in [-0.1, -0.05) is 47.5 Å². The van der Waals surface area contributed by atoms with Crippen LogP contribution in [0, 0.1) is 13.8 Å². The molecule has 4 aliphatic carbocycles. The molecule has 2 heteroatoms. The van der Waals surface area contributed by atoms with Gasteiger partial charge in [-0.15, -0.1) is 0 Å². The summed E-state index contributed by atoms with van der Waals surface area (Å²) in [5, 5.41) is 0. The zero-order chi connectivity index (χ0) is 16.6. The molecule has 2 nitrogen and oxygen atoms in total. The van der Waals surface area contributed by atoms with Crippen LogP contribution in [0.5, 0.6) is 0 Å². The molecule has 0 saturated heterocycles. The summed E-state index contributed by atoms with van der Waals surface area (Å²) in [7, 11) is 0. The van der Waals surface area contributed by atoms with Gasteiger partial charge in [0.25, 0.3) is 0 Å². The summed E-state index contributed by atoms with van der Waals surface area (Å²) in [6.45, 7) is 4.14. The summed E-state index contributed by atoms with van der Waals surface area (Å²) in [5.74, 6) is -0.259. The predicted molar refractivity (Wildman–Crippen MR) is 92.2 cm³/mol. The van der Waals surface area contributed by atoms with E-state index in [1.54, 1.807) is 0 Å². The first kappa shape index (κ1) is 13.7. The third-order valence-corrected chi connectivity index (χ3v) is 5.51. The number of allylic oxidation sites excluding steroid dienone is 4. The molecule has 0 atom stereocenters. The first-order chi connectivity index (χ1) is 11.6. The molecule has 116 valence electrons. The highest BCUT2D eigenvalue weighted by Gasteiger charge is 2.47. The maximum atomic E-state index is 12.7. The van der Waals surface area contributed by atoms with Crippen LogP contribution < -0.4 is 0 Å². The molecule has 0 spiro atoms. The number of benzene rings is 2. The second-order valence-electron chi connectivity index (χ2n) is 7.02. The second kappa shape index (κ2) is 4.41. The predicted octanol–water partition coefficient (Wildman–Crippen LogP) is 3.90. The van der Waals surface area contributed by atoms with Gasteiger partial charge in [-0.3, -0.25) is 9.59 Å². The van der Waals surface area contributed by atoms with E-state index in [1.165, 1.54) is 45.5 Å². The minimum atomic E-state index is -0.115. The van der Waals surface area contributed by atoms with Crippen molar-refractivity contribution in [3.05, 3.63) is 93.1 Å². The first-order valence-corrected chi connectivity index (χ1v) is 8.28. The van der Waals surface area contributed by atoms with Gasteiger partial charge in [-0.25, -0.2) is 0 Å². The standard InChI is InChI=1S/C22H16O2/c1-11-3-5-13-15(9-11)20-16-10-12(2)4-6-14(16)19(13)21-17(23)7-8-18(24)22(20)21/h3-10,19-20H,1-2H3. The number of aryl methyl sites for hydroxylation is 2. The van der Waals surface area contributed by atoms with Gasteiger partial charge in [0.1, 0.15) is 0 Å². The van der Waals surface area contributed by atoms with Gasteiger partial charge < -0.3 is 0 Å². The molecule has 0 unspecified atom stereocenters. The van der Waals surface area contributed by atoms with E-state index < -0.39 is 0 Å². The van der Waals surface area contributed by atoms with Crippen LogP contribution in [0.4, 0.5) is 0 Å². The van der Waals surface area contributed by atoms with Crippen molar-refractivity contribution in [1.82, 2.24) is 0 Å². The van der Waals surface area contributed by atoms with E-state index in [9.17, 15) is 9.59 Å². The van der Waals surface area contributed by atoms with Crippen LogP contribution in [0.2, 0.25) is 0 Å². The fourth-order valence-corrected chi connectivity index (χ4v) is 4.56. The lowest BCUT2D eigenvalue weighted by Crippen LogP contribution is -2.35. The Hall–Kier alpha value is -2.74. The lowest BCUT2D eigenvalue weighted by atomic mass is 9.58. The molecule has 0 fully saturated rings. The molecular weight excluding hydrogens is 296 g/mol. The molecule has 24 heavy (non-hydrogen) atoms. The number of carbonyl (C=O) groups is 2. The summed E-state index contributed by atoms with van der Waals surface area (Å²) in [4.78, 5) is 25.3. The van der Waals surface area contributed by atoms with Gasteiger partial charge in [-0.05, 0) is 48.3 Å². The minimum absolute atomic E-state index is 0.0149. The second-order valence-corrected chi connectivity index (χ2v) is 7.02. The summed E-state index contributed by atoms with van der Waals surface area (Å²) in [6, 6.07) is 12.8. The Morgan fingerprint density at radius 2 is 1.04 bits per heavy atom. The monoisotopic (exact) mass is 312 g/mol. The summed E-state index contributed by atoms with van der Waals surface area (Å²) < 4.78 is 0. The van der Waals surface area contributed by atoms with Crippen molar-refractivity contribution in [1.29, 1.82) is 0 Å². The van der Waals surface area contributed by atoms with Gasteiger partial charge in [0, 0.05) is 23.0 Å². The summed E-state index contributed by atoms with van der Waals surface area (Å²) in [6.07, 6.45) is 2.87. The van der Waals surface area contributed by atoms with Crippen LogP contribution in [-0.4, -0.2) is 11.6 Å². The van der Waals surface area contributed by atoms with Crippen LogP contribution in [0.3, 0.4) is 0 Å². The van der Waals surface area contributed by atoms with Gasteiger partial charge in [0.05, 0.1) is 0 Å². The van der Waals surface area contributed by atoms with Gasteiger partial charge >= 0.3 is 0 Å². The topological polar surface area (TPSA) is 34.1 Å². The van der Waals surface area contributed by atoms with Crippen molar-refractivity contribution in [3.63, 3.8) is 0 Å².